The van der Waals surface area contributed by atoms with E-state index in [1.807, 2.05) is 48.5 Å². The van der Waals surface area contributed by atoms with Gasteiger partial charge in [-0.2, -0.15) is 9.61 Å². The molecule has 0 aliphatic rings. The molecule has 9 heteroatoms. The number of anilines is 2. The molecule has 0 fully saturated rings. The lowest BCUT2D eigenvalue weighted by molar-refractivity contribution is 0.266. The molecule has 0 saturated heterocycles. The number of halogens is 1. The molecule has 154 valence electrons. The lowest BCUT2D eigenvalue weighted by atomic mass is 10.1. The Bertz CT molecular complexity index is 1180. The van der Waals surface area contributed by atoms with Crippen molar-refractivity contribution in [2.75, 3.05) is 11.9 Å². The van der Waals surface area contributed by atoms with Gasteiger partial charge in [0.1, 0.15) is 16.8 Å². The Morgan fingerprint density at radius 1 is 1.17 bits per heavy atom. The number of hydrogen-bond acceptors (Lipinski definition) is 5. The number of hydrogen-bond donors (Lipinski definition) is 3. The van der Waals surface area contributed by atoms with Gasteiger partial charge in [-0.15, -0.1) is 0 Å². The van der Waals surface area contributed by atoms with Crippen LogP contribution in [0.2, 0.25) is 0 Å². The summed E-state index contributed by atoms with van der Waals surface area (Å²) in [5.41, 5.74) is 3.36. The maximum Gasteiger partial charge on any atom is 0.172 e. The summed E-state index contributed by atoms with van der Waals surface area (Å²) >= 11 is 3.51. The number of aliphatic hydroxyl groups excluding tert-OH is 1. The van der Waals surface area contributed by atoms with Crippen LogP contribution in [0.5, 0.6) is 0 Å². The Labute approximate surface area is 184 Å². The molecule has 0 aliphatic carbocycles. The van der Waals surface area contributed by atoms with Gasteiger partial charge in [0.05, 0.1) is 27.9 Å². The molecule has 2 unspecified atom stereocenters. The molecule has 4 aromatic rings. The SMILES string of the molecule is CC(CO)NS(=O)c1ccc(Nc2cc(-c3ccccc3)nc3c(Br)cnn23)cc1. The average Bonchev–Trinajstić information content (AvgIpc) is 3.15. The summed E-state index contributed by atoms with van der Waals surface area (Å²) in [6, 6.07) is 18.9. The second-order valence-corrected chi connectivity index (χ2v) is 8.84. The van der Waals surface area contributed by atoms with Crippen LogP contribution in [0.25, 0.3) is 16.9 Å². The Balaban J connectivity index is 1.64. The summed E-state index contributed by atoms with van der Waals surface area (Å²) in [6.07, 6.45) is 1.71. The van der Waals surface area contributed by atoms with E-state index in [4.69, 9.17) is 10.1 Å². The summed E-state index contributed by atoms with van der Waals surface area (Å²) in [5, 5.41) is 16.9. The average molecular weight is 486 g/mol. The van der Waals surface area contributed by atoms with Crippen molar-refractivity contribution in [3.8, 4) is 11.3 Å². The van der Waals surface area contributed by atoms with Crippen molar-refractivity contribution in [2.24, 2.45) is 0 Å². The zero-order valence-corrected chi connectivity index (χ0v) is 18.5. The van der Waals surface area contributed by atoms with E-state index in [0.717, 1.165) is 27.2 Å². The molecule has 0 aliphatic heterocycles. The second-order valence-electron chi connectivity index (χ2n) is 6.74. The van der Waals surface area contributed by atoms with Gasteiger partial charge in [-0.3, -0.25) is 0 Å². The van der Waals surface area contributed by atoms with Crippen LogP contribution < -0.4 is 10.0 Å². The minimum Gasteiger partial charge on any atom is -0.395 e. The van der Waals surface area contributed by atoms with Crippen molar-refractivity contribution in [3.63, 3.8) is 0 Å². The van der Waals surface area contributed by atoms with Gasteiger partial charge in [-0.1, -0.05) is 30.3 Å². The number of aromatic nitrogens is 3. The van der Waals surface area contributed by atoms with E-state index in [1.54, 1.807) is 29.8 Å². The maximum absolute atomic E-state index is 12.3. The van der Waals surface area contributed by atoms with Crippen molar-refractivity contribution >= 4 is 44.1 Å². The summed E-state index contributed by atoms with van der Waals surface area (Å²) in [5.74, 6) is 0.755. The van der Waals surface area contributed by atoms with Gasteiger partial charge >= 0.3 is 0 Å². The Morgan fingerprint density at radius 2 is 1.90 bits per heavy atom. The van der Waals surface area contributed by atoms with Gasteiger partial charge in [-0.05, 0) is 47.1 Å². The van der Waals surface area contributed by atoms with Gasteiger partial charge < -0.3 is 10.4 Å². The molecule has 0 radical (unpaired) electrons. The monoisotopic (exact) mass is 485 g/mol. The Kier molecular flexibility index (Phi) is 6.24. The largest absolute Gasteiger partial charge is 0.395 e. The van der Waals surface area contributed by atoms with Crippen molar-refractivity contribution in [1.29, 1.82) is 0 Å². The second kappa shape index (κ2) is 9.05. The van der Waals surface area contributed by atoms with Crippen LogP contribution in [0.15, 0.2) is 76.2 Å². The number of aliphatic hydroxyl groups is 1. The van der Waals surface area contributed by atoms with E-state index in [9.17, 15) is 4.21 Å². The quantitative estimate of drug-likeness (QED) is 0.369. The molecule has 7 nitrogen and oxygen atoms in total. The fraction of sp³-hybridized carbons (Fsp3) is 0.143. The molecular formula is C21H20BrN5O2S. The number of nitrogens with one attached hydrogen (secondary N) is 2. The molecular weight excluding hydrogens is 466 g/mol. The van der Waals surface area contributed by atoms with E-state index < -0.39 is 11.0 Å². The Morgan fingerprint density at radius 3 is 2.60 bits per heavy atom. The molecule has 30 heavy (non-hydrogen) atoms. The van der Waals surface area contributed by atoms with E-state index in [0.29, 0.717) is 10.5 Å². The van der Waals surface area contributed by atoms with E-state index in [2.05, 4.69) is 31.1 Å². The minimum atomic E-state index is -1.39. The van der Waals surface area contributed by atoms with Crippen LogP contribution >= 0.6 is 15.9 Å². The number of nitrogens with zero attached hydrogens (tertiary/aromatic N) is 3. The molecule has 2 heterocycles. The lowest BCUT2D eigenvalue weighted by Gasteiger charge is -2.12. The fourth-order valence-electron chi connectivity index (χ4n) is 2.88. The van der Waals surface area contributed by atoms with E-state index in [-0.39, 0.29) is 12.6 Å². The van der Waals surface area contributed by atoms with Crippen molar-refractivity contribution in [1.82, 2.24) is 19.3 Å². The van der Waals surface area contributed by atoms with Gasteiger partial charge in [0.25, 0.3) is 0 Å². The third kappa shape index (κ3) is 4.44. The van der Waals surface area contributed by atoms with Crippen LogP contribution in [-0.2, 0) is 11.0 Å². The van der Waals surface area contributed by atoms with Crippen LogP contribution in [0.1, 0.15) is 6.92 Å². The first-order valence-electron chi connectivity index (χ1n) is 9.31. The van der Waals surface area contributed by atoms with Crippen molar-refractivity contribution < 1.29 is 9.32 Å². The van der Waals surface area contributed by atoms with Crippen LogP contribution in [-0.4, -0.2) is 36.6 Å². The van der Waals surface area contributed by atoms with E-state index >= 15 is 0 Å². The zero-order chi connectivity index (χ0) is 21.1. The predicted octanol–water partition coefficient (Wildman–Crippen LogP) is 3.90. The highest BCUT2D eigenvalue weighted by Gasteiger charge is 2.12. The van der Waals surface area contributed by atoms with Crippen molar-refractivity contribution in [3.05, 3.63) is 71.3 Å². The highest BCUT2D eigenvalue weighted by molar-refractivity contribution is 9.10. The topological polar surface area (TPSA) is 91.5 Å². The van der Waals surface area contributed by atoms with Crippen LogP contribution in [0.3, 0.4) is 0 Å². The standard InChI is InChI=1S/C21H20BrN5O2S/c1-14(13-28)26-30(29)17-9-7-16(8-10-17)24-20-11-19(15-5-3-2-4-6-15)25-21-18(22)12-23-27(20)21/h2-12,14,24,26,28H,13H2,1H3. The van der Waals surface area contributed by atoms with Gasteiger partial charge in [-0.25, -0.2) is 13.9 Å². The molecule has 2 aromatic carbocycles. The summed E-state index contributed by atoms with van der Waals surface area (Å²) in [7, 11) is -1.39. The lowest BCUT2D eigenvalue weighted by Crippen LogP contribution is -2.30. The molecule has 0 bridgehead atoms. The molecule has 2 aromatic heterocycles. The molecule has 2 atom stereocenters. The summed E-state index contributed by atoms with van der Waals surface area (Å²) in [4.78, 5) is 5.36. The molecule has 3 N–H and O–H groups in total. The van der Waals surface area contributed by atoms with Gasteiger partial charge in [0, 0.05) is 23.4 Å². The maximum atomic E-state index is 12.3. The summed E-state index contributed by atoms with van der Waals surface area (Å²) in [6.45, 7) is 1.70. The van der Waals surface area contributed by atoms with Gasteiger partial charge in [0.2, 0.25) is 0 Å². The normalized spacial score (nSPS) is 13.3. The van der Waals surface area contributed by atoms with Crippen molar-refractivity contribution in [2.45, 2.75) is 17.9 Å². The smallest absolute Gasteiger partial charge is 0.172 e. The first-order chi connectivity index (χ1) is 14.5. The highest BCUT2D eigenvalue weighted by atomic mass is 79.9. The first kappa shape index (κ1) is 20.7. The Hall–Kier alpha value is -2.59. The summed E-state index contributed by atoms with van der Waals surface area (Å²) < 4.78 is 17.7. The molecule has 4 rings (SSSR count). The minimum absolute atomic E-state index is 0.0768. The molecule has 0 amide bonds. The first-order valence-corrected chi connectivity index (χ1v) is 11.2. The third-order valence-electron chi connectivity index (χ3n) is 4.42. The zero-order valence-electron chi connectivity index (χ0n) is 16.1. The molecule has 0 spiro atoms. The highest BCUT2D eigenvalue weighted by Crippen LogP contribution is 2.27. The van der Waals surface area contributed by atoms with Crippen LogP contribution in [0, 0.1) is 0 Å². The third-order valence-corrected chi connectivity index (χ3v) is 6.30. The van der Waals surface area contributed by atoms with Crippen LogP contribution in [0.4, 0.5) is 11.5 Å². The van der Waals surface area contributed by atoms with E-state index in [1.165, 1.54) is 0 Å². The predicted molar refractivity (Wildman–Crippen MR) is 122 cm³/mol. The number of rotatable bonds is 7. The van der Waals surface area contributed by atoms with Gasteiger partial charge in [0.15, 0.2) is 5.65 Å². The molecule has 0 saturated carbocycles. The number of fused-ring (bicyclic) bond motifs is 1. The number of benzene rings is 2. The fourth-order valence-corrected chi connectivity index (χ4v) is 4.19.